The summed E-state index contributed by atoms with van der Waals surface area (Å²) in [6, 6.07) is 40.2. The van der Waals surface area contributed by atoms with E-state index >= 15 is 0 Å². The maximum atomic E-state index is 3.67. The molecule has 206 valence electrons. The van der Waals surface area contributed by atoms with Crippen LogP contribution in [0.4, 0.5) is 0 Å². The van der Waals surface area contributed by atoms with E-state index in [9.17, 15) is 0 Å². The van der Waals surface area contributed by atoms with Crippen molar-refractivity contribution in [3.05, 3.63) is 156 Å². The molecule has 4 aromatic rings. The van der Waals surface area contributed by atoms with Crippen molar-refractivity contribution in [2.45, 2.75) is 65.2 Å². The molecule has 0 saturated heterocycles. The minimum Gasteiger partial charge on any atom is -0.184 e. The molecule has 0 fully saturated rings. The van der Waals surface area contributed by atoms with Gasteiger partial charge in [0, 0.05) is 0 Å². The summed E-state index contributed by atoms with van der Waals surface area (Å²) in [7, 11) is 0. The molecule has 2 aliphatic rings. The number of rotatable bonds is 0. The van der Waals surface area contributed by atoms with E-state index < -0.39 is 0 Å². The summed E-state index contributed by atoms with van der Waals surface area (Å²) in [4.78, 5) is 0. The summed E-state index contributed by atoms with van der Waals surface area (Å²) in [5.41, 5.74) is 8.70. The Kier molecular flexibility index (Phi) is 14.2. The molecule has 0 radical (unpaired) electrons. The van der Waals surface area contributed by atoms with Gasteiger partial charge in [0.25, 0.3) is 0 Å². The maximum absolute atomic E-state index is 3.67. The van der Waals surface area contributed by atoms with E-state index in [4.69, 9.17) is 0 Å². The molecule has 0 bridgehead atoms. The van der Waals surface area contributed by atoms with Crippen LogP contribution in [0.1, 0.15) is 70.2 Å². The Morgan fingerprint density at radius 3 is 1.65 bits per heavy atom. The Balaban J connectivity index is 0.000000237. The summed E-state index contributed by atoms with van der Waals surface area (Å²) in [5.74, 6) is 0. The summed E-state index contributed by atoms with van der Waals surface area (Å²) >= 11 is 1.30. The second-order valence-corrected chi connectivity index (χ2v) is 11.5. The van der Waals surface area contributed by atoms with Crippen molar-refractivity contribution in [1.29, 1.82) is 0 Å². The molecule has 4 aromatic carbocycles. The molecule has 6 rings (SSSR count). The van der Waals surface area contributed by atoms with Crippen molar-refractivity contribution < 1.29 is 24.2 Å². The number of fused-ring (bicyclic) bond motifs is 3. The molecule has 0 aromatic heterocycles. The molecule has 0 nitrogen and oxygen atoms in total. The Bertz CT molecular complexity index is 1160. The molecule has 0 atom stereocenters. The van der Waals surface area contributed by atoms with Gasteiger partial charge in [0.05, 0.1) is 0 Å². The molecular formula is C39H42Zr-4. The fourth-order valence-corrected chi connectivity index (χ4v) is 4.05. The van der Waals surface area contributed by atoms with Crippen LogP contribution < -0.4 is 0 Å². The van der Waals surface area contributed by atoms with E-state index in [0.29, 0.717) is 0 Å². The second kappa shape index (κ2) is 17.0. The van der Waals surface area contributed by atoms with Gasteiger partial charge in [0.15, 0.2) is 0 Å². The smallest absolute Gasteiger partial charge is 0.171 e. The first-order valence-electron chi connectivity index (χ1n) is 13.7. The molecule has 0 saturated carbocycles. The predicted octanol–water partition coefficient (Wildman–Crippen LogP) is 9.90. The van der Waals surface area contributed by atoms with Gasteiger partial charge >= 0.3 is 28.4 Å². The molecule has 0 amide bonds. The third-order valence-corrected chi connectivity index (χ3v) is 6.26. The topological polar surface area (TPSA) is 0 Å². The van der Waals surface area contributed by atoms with Crippen molar-refractivity contribution in [3.63, 3.8) is 0 Å². The standard InChI is InChI=1S/C21H25.2C6H5.C5H5.CH2.Zr/c1-20(2,3)16-7-9-18-14(12-16)11-15-13-17(21(4,5)6)8-10-19(15)18;2*1-2-4-6-5-3-1;1-2-4-5-3-1;;/h7-10,12H,11H2,1-6H3;2*1-5H;1-3H,4H2;1H2;/q4*-1;;. The molecule has 2 aliphatic carbocycles. The van der Waals surface area contributed by atoms with Crippen LogP contribution in [0.15, 0.2) is 109 Å². The van der Waals surface area contributed by atoms with E-state index in [1.807, 2.05) is 72.8 Å². The van der Waals surface area contributed by atoms with Crippen molar-refractivity contribution in [3.8, 4) is 11.1 Å². The Labute approximate surface area is 259 Å². The average Bonchev–Trinajstić information content (AvgIpc) is 3.67. The molecule has 0 spiro atoms. The molecule has 1 heteroatoms. The molecular weight excluding hydrogens is 560 g/mol. The third-order valence-electron chi connectivity index (χ3n) is 6.26. The van der Waals surface area contributed by atoms with E-state index in [2.05, 4.69) is 106 Å². The molecule has 0 aliphatic heterocycles. The largest absolute Gasteiger partial charge is 0.184 e. The van der Waals surface area contributed by atoms with Gasteiger partial charge in [0.2, 0.25) is 0 Å². The van der Waals surface area contributed by atoms with Gasteiger partial charge in [-0.25, -0.2) is 12.2 Å². The minimum atomic E-state index is 0.167. The minimum absolute atomic E-state index is 0.167. The Morgan fingerprint density at radius 2 is 1.27 bits per heavy atom. The quantitative estimate of drug-likeness (QED) is 0.155. The molecule has 0 heterocycles. The first-order valence-corrected chi connectivity index (χ1v) is 15.5. The van der Waals surface area contributed by atoms with Crippen LogP contribution in [0, 0.1) is 24.3 Å². The van der Waals surface area contributed by atoms with Gasteiger partial charge in [-0.2, -0.15) is 103 Å². The zero-order valence-electron chi connectivity index (χ0n) is 25.0. The van der Waals surface area contributed by atoms with Gasteiger partial charge < -0.3 is 0 Å². The zero-order chi connectivity index (χ0) is 29.4. The van der Waals surface area contributed by atoms with Gasteiger partial charge in [-0.15, -0.1) is 17.5 Å². The molecule has 0 N–H and O–H groups in total. The Morgan fingerprint density at radius 1 is 0.700 bits per heavy atom. The van der Waals surface area contributed by atoms with Gasteiger partial charge in [-0.3, -0.25) is 6.08 Å². The van der Waals surface area contributed by atoms with Crippen LogP contribution in [0.5, 0.6) is 0 Å². The van der Waals surface area contributed by atoms with E-state index in [0.717, 1.165) is 12.8 Å². The van der Waals surface area contributed by atoms with Crippen LogP contribution in [-0.4, -0.2) is 4.21 Å². The number of hydrogen-bond donors (Lipinski definition) is 0. The van der Waals surface area contributed by atoms with Crippen LogP contribution in [0.25, 0.3) is 11.1 Å². The van der Waals surface area contributed by atoms with Gasteiger partial charge in [-0.05, 0) is 28.4 Å². The van der Waals surface area contributed by atoms with Crippen molar-refractivity contribution in [2.24, 2.45) is 0 Å². The SMILES string of the molecule is CC(C)(C)c1[c-]c2c(cc1)-c1ccc(C(C)(C)C)cc1C2.[C-]1=CC=CC1.[CH2]=[Zr].[c-]1ccccc1.[c-]1ccccc1. The van der Waals surface area contributed by atoms with Crippen LogP contribution in [-0.2, 0) is 41.5 Å². The first kappa shape index (κ1) is 33.3. The van der Waals surface area contributed by atoms with Crippen molar-refractivity contribution >= 4 is 4.21 Å². The van der Waals surface area contributed by atoms with Crippen LogP contribution in [0.2, 0.25) is 0 Å². The van der Waals surface area contributed by atoms with Gasteiger partial charge in [-0.1, -0.05) is 65.3 Å². The van der Waals surface area contributed by atoms with E-state index in [1.165, 1.54) is 57.6 Å². The van der Waals surface area contributed by atoms with Gasteiger partial charge in [0.1, 0.15) is 0 Å². The summed E-state index contributed by atoms with van der Waals surface area (Å²) in [5, 5.41) is 0. The molecule has 40 heavy (non-hydrogen) atoms. The summed E-state index contributed by atoms with van der Waals surface area (Å²) < 4.78 is 3.34. The summed E-state index contributed by atoms with van der Waals surface area (Å²) in [6.45, 7) is 13.6. The average molecular weight is 602 g/mol. The number of allylic oxidation sites excluding steroid dienone is 4. The maximum Gasteiger partial charge on any atom is -0.171 e. The second-order valence-electron chi connectivity index (χ2n) is 11.5. The first-order chi connectivity index (χ1) is 19.2. The van der Waals surface area contributed by atoms with Crippen molar-refractivity contribution in [2.75, 3.05) is 0 Å². The Hall–Kier alpha value is -2.89. The van der Waals surface area contributed by atoms with E-state index in [1.54, 1.807) is 0 Å². The number of benzene rings is 4. The summed E-state index contributed by atoms with van der Waals surface area (Å²) in [6.07, 6.45) is 11.0. The van der Waals surface area contributed by atoms with Crippen LogP contribution >= 0.6 is 0 Å². The number of hydrogen-bond acceptors (Lipinski definition) is 0. The third kappa shape index (κ3) is 11.3. The van der Waals surface area contributed by atoms with E-state index in [-0.39, 0.29) is 10.8 Å². The monoisotopic (exact) mass is 600 g/mol. The fraction of sp³-hybridized carbons (Fsp3) is 0.256. The molecule has 0 unspecified atom stereocenters. The normalized spacial score (nSPS) is 12.0. The predicted molar refractivity (Wildman–Crippen MR) is 170 cm³/mol. The van der Waals surface area contributed by atoms with Crippen LogP contribution in [0.3, 0.4) is 0 Å². The fourth-order valence-electron chi connectivity index (χ4n) is 4.05. The van der Waals surface area contributed by atoms with Crippen molar-refractivity contribution in [1.82, 2.24) is 0 Å². The zero-order valence-corrected chi connectivity index (χ0v) is 27.5.